The van der Waals surface area contributed by atoms with Crippen LogP contribution in [-0.2, 0) is 14.3 Å². The fraction of sp³-hybridized carbons (Fsp3) is 0.789. The van der Waals surface area contributed by atoms with E-state index < -0.39 is 24.0 Å². The number of cyclic esters (lactones) is 1. The van der Waals surface area contributed by atoms with E-state index >= 15 is 0 Å². The number of esters is 1. The van der Waals surface area contributed by atoms with Crippen molar-refractivity contribution in [2.75, 3.05) is 0 Å². The van der Waals surface area contributed by atoms with Crippen LogP contribution in [0.15, 0.2) is 12.2 Å². The van der Waals surface area contributed by atoms with Crippen LogP contribution < -0.4 is 56.5 Å². The second-order valence-corrected chi connectivity index (χ2v) is 6.59. The normalized spacial score (nSPS) is 19.9. The molecular formula is C19H31KO4. The van der Waals surface area contributed by atoms with Gasteiger partial charge in [0.05, 0.1) is 11.9 Å². The molecule has 2 atom stereocenters. The molecule has 0 aromatic heterocycles. The second-order valence-electron chi connectivity index (χ2n) is 6.59. The predicted octanol–water partition coefficient (Wildman–Crippen LogP) is 0.539. The van der Waals surface area contributed by atoms with Gasteiger partial charge in [-0.15, -0.1) is 0 Å². The number of carbonyl (C=O) groups is 2. The van der Waals surface area contributed by atoms with Crippen molar-refractivity contribution in [1.29, 1.82) is 0 Å². The first-order valence-corrected chi connectivity index (χ1v) is 9.18. The second kappa shape index (κ2) is 14.5. The smallest absolute Gasteiger partial charge is 0.549 e. The SMILES string of the molecule is C=C1C(=O)O[C@@H](CCCCCCCCCCCCC)C1C(=O)[O-].[K+]. The van der Waals surface area contributed by atoms with E-state index in [4.69, 9.17) is 4.74 Å². The van der Waals surface area contributed by atoms with Crippen LogP contribution in [0, 0.1) is 5.92 Å². The van der Waals surface area contributed by atoms with E-state index in [2.05, 4.69) is 13.5 Å². The van der Waals surface area contributed by atoms with Crippen molar-refractivity contribution in [2.45, 2.75) is 90.1 Å². The van der Waals surface area contributed by atoms with Gasteiger partial charge >= 0.3 is 57.4 Å². The molecule has 0 saturated carbocycles. The molecular weight excluding hydrogens is 331 g/mol. The van der Waals surface area contributed by atoms with Crippen molar-refractivity contribution in [3.05, 3.63) is 12.2 Å². The summed E-state index contributed by atoms with van der Waals surface area (Å²) in [7, 11) is 0. The van der Waals surface area contributed by atoms with E-state index in [1.54, 1.807) is 0 Å². The Morgan fingerprint density at radius 3 is 1.92 bits per heavy atom. The fourth-order valence-electron chi connectivity index (χ4n) is 3.16. The molecule has 0 amide bonds. The molecule has 0 radical (unpaired) electrons. The third-order valence-corrected chi connectivity index (χ3v) is 4.61. The number of hydrogen-bond donors (Lipinski definition) is 0. The molecule has 0 aliphatic carbocycles. The third-order valence-electron chi connectivity index (χ3n) is 4.61. The number of carbonyl (C=O) groups excluding carboxylic acids is 2. The summed E-state index contributed by atoms with van der Waals surface area (Å²) >= 11 is 0. The summed E-state index contributed by atoms with van der Waals surface area (Å²) in [4.78, 5) is 22.5. The third kappa shape index (κ3) is 9.14. The van der Waals surface area contributed by atoms with Gasteiger partial charge in [-0.3, -0.25) is 0 Å². The summed E-state index contributed by atoms with van der Waals surface area (Å²) in [5, 5.41) is 11.1. The average molecular weight is 363 g/mol. The van der Waals surface area contributed by atoms with Crippen LogP contribution in [0.5, 0.6) is 0 Å². The molecule has 1 fully saturated rings. The molecule has 0 aromatic carbocycles. The zero-order chi connectivity index (χ0) is 17.1. The fourth-order valence-corrected chi connectivity index (χ4v) is 3.16. The van der Waals surface area contributed by atoms with Crippen LogP contribution >= 0.6 is 0 Å². The Morgan fingerprint density at radius 1 is 1.00 bits per heavy atom. The standard InChI is InChI=1S/C19H32O4.K/c1-3-4-5-6-7-8-9-10-11-12-13-14-16-17(18(20)21)15(2)19(22)23-16;/h16-17H,2-14H2,1H3,(H,20,21);/q;+1/p-1/t16-,17?;/m0./s1. The van der Waals surface area contributed by atoms with Gasteiger partial charge in [0.25, 0.3) is 0 Å². The number of hydrogen-bond acceptors (Lipinski definition) is 4. The van der Waals surface area contributed by atoms with Crippen LogP contribution in [-0.4, -0.2) is 18.0 Å². The molecule has 0 bridgehead atoms. The van der Waals surface area contributed by atoms with E-state index in [1.165, 1.54) is 51.4 Å². The molecule has 1 aliphatic heterocycles. The van der Waals surface area contributed by atoms with E-state index in [0.29, 0.717) is 6.42 Å². The van der Waals surface area contributed by atoms with E-state index in [9.17, 15) is 14.7 Å². The van der Waals surface area contributed by atoms with E-state index in [0.717, 1.165) is 19.3 Å². The minimum Gasteiger partial charge on any atom is -0.549 e. The Kier molecular flexibility index (Phi) is 14.7. The number of aliphatic carboxylic acids is 1. The largest absolute Gasteiger partial charge is 1.00 e. The summed E-state index contributed by atoms with van der Waals surface area (Å²) < 4.78 is 5.08. The first-order chi connectivity index (χ1) is 11.1. The van der Waals surface area contributed by atoms with Gasteiger partial charge in [0, 0.05) is 5.57 Å². The molecule has 4 nitrogen and oxygen atoms in total. The average Bonchev–Trinajstić information content (AvgIpc) is 2.79. The minimum absolute atomic E-state index is 0. The predicted molar refractivity (Wildman–Crippen MR) is 88.6 cm³/mol. The van der Waals surface area contributed by atoms with Gasteiger partial charge in [-0.2, -0.15) is 0 Å². The van der Waals surface area contributed by atoms with Crippen LogP contribution in [0.2, 0.25) is 0 Å². The quantitative estimate of drug-likeness (QED) is 0.208. The zero-order valence-electron chi connectivity index (χ0n) is 15.5. The summed E-state index contributed by atoms with van der Waals surface area (Å²) in [5.74, 6) is -2.81. The number of ether oxygens (including phenoxy) is 1. The van der Waals surface area contributed by atoms with Gasteiger partial charge in [0.1, 0.15) is 6.10 Å². The van der Waals surface area contributed by atoms with E-state index in [1.807, 2.05) is 0 Å². The molecule has 1 aliphatic rings. The van der Waals surface area contributed by atoms with Crippen LogP contribution in [0.4, 0.5) is 0 Å². The topological polar surface area (TPSA) is 66.4 Å². The van der Waals surface area contributed by atoms with Crippen LogP contribution in [0.1, 0.15) is 84.0 Å². The first-order valence-electron chi connectivity index (χ1n) is 9.18. The van der Waals surface area contributed by atoms with Gasteiger partial charge in [-0.25, -0.2) is 4.79 Å². The monoisotopic (exact) mass is 362 g/mol. The van der Waals surface area contributed by atoms with Crippen LogP contribution in [0.25, 0.3) is 0 Å². The Labute approximate surface area is 189 Å². The molecule has 0 N–H and O–H groups in total. The molecule has 1 unspecified atom stereocenters. The number of unbranched alkanes of at least 4 members (excludes halogenated alkanes) is 10. The zero-order valence-corrected chi connectivity index (χ0v) is 18.6. The molecule has 0 spiro atoms. The molecule has 1 heterocycles. The Bertz CT molecular complexity index is 395. The van der Waals surface area contributed by atoms with Crippen molar-refractivity contribution in [2.24, 2.45) is 5.92 Å². The van der Waals surface area contributed by atoms with Crippen molar-refractivity contribution < 1.29 is 70.8 Å². The Morgan fingerprint density at radius 2 is 1.46 bits per heavy atom. The van der Waals surface area contributed by atoms with Crippen molar-refractivity contribution in [3.8, 4) is 0 Å². The maximum atomic E-state index is 11.4. The molecule has 5 heteroatoms. The summed E-state index contributed by atoms with van der Waals surface area (Å²) in [6.07, 6.45) is 13.6. The summed E-state index contributed by atoms with van der Waals surface area (Å²) in [5.41, 5.74) is 0.0260. The molecule has 24 heavy (non-hydrogen) atoms. The molecule has 1 saturated heterocycles. The number of carboxylic acid groups (broad SMARTS) is 1. The van der Waals surface area contributed by atoms with Crippen molar-refractivity contribution in [1.82, 2.24) is 0 Å². The Hall–Kier alpha value is 0.316. The van der Waals surface area contributed by atoms with Crippen molar-refractivity contribution >= 4 is 11.9 Å². The van der Waals surface area contributed by atoms with Gasteiger partial charge in [-0.05, 0) is 12.8 Å². The summed E-state index contributed by atoms with van der Waals surface area (Å²) in [6, 6.07) is 0. The number of carboxylic acids is 1. The molecule has 1 rings (SSSR count). The minimum atomic E-state index is -1.26. The van der Waals surface area contributed by atoms with Gasteiger partial charge in [-0.1, -0.05) is 77.7 Å². The maximum Gasteiger partial charge on any atom is 1.00 e. The van der Waals surface area contributed by atoms with Crippen LogP contribution in [0.3, 0.4) is 0 Å². The first kappa shape index (κ1) is 24.3. The van der Waals surface area contributed by atoms with Crippen molar-refractivity contribution in [3.63, 3.8) is 0 Å². The van der Waals surface area contributed by atoms with Gasteiger partial charge < -0.3 is 14.6 Å². The number of rotatable bonds is 13. The van der Waals surface area contributed by atoms with E-state index in [-0.39, 0.29) is 57.0 Å². The summed E-state index contributed by atoms with van der Waals surface area (Å²) in [6.45, 7) is 5.73. The maximum absolute atomic E-state index is 11.4. The molecule has 132 valence electrons. The van der Waals surface area contributed by atoms with Gasteiger partial charge in [0.15, 0.2) is 0 Å². The molecule has 0 aromatic rings. The Balaban J connectivity index is 0.00000529. The van der Waals surface area contributed by atoms with Gasteiger partial charge in [0.2, 0.25) is 0 Å².